The fourth-order valence-corrected chi connectivity index (χ4v) is 5.01. The number of rotatable bonds is 5. The van der Waals surface area contributed by atoms with Gasteiger partial charge in [-0.15, -0.1) is 0 Å². The first-order valence-corrected chi connectivity index (χ1v) is 12.5. The Morgan fingerprint density at radius 1 is 1.03 bits per heavy atom. The zero-order valence-electron chi connectivity index (χ0n) is 20.8. The molecule has 4 rings (SSSR count). The Morgan fingerprint density at radius 3 is 2.37 bits per heavy atom. The van der Waals surface area contributed by atoms with E-state index in [0.717, 1.165) is 24.2 Å². The fraction of sp³-hybridized carbons (Fsp3) is 0.481. The first-order chi connectivity index (χ1) is 16.9. The first-order valence-electron chi connectivity index (χ1n) is 12.5. The normalized spacial score (nSPS) is 22.0. The number of phenols is 1. The second-order valence-corrected chi connectivity index (χ2v) is 9.46. The second-order valence-electron chi connectivity index (χ2n) is 9.46. The molecule has 2 aliphatic rings. The van der Waals surface area contributed by atoms with Crippen molar-refractivity contribution in [2.75, 3.05) is 45.9 Å². The highest BCUT2D eigenvalue weighted by molar-refractivity contribution is 5.94. The first kappa shape index (κ1) is 25.0. The van der Waals surface area contributed by atoms with Crippen LogP contribution in [0.25, 0.3) is 0 Å². The summed E-state index contributed by atoms with van der Waals surface area (Å²) in [6.45, 7) is 10.1. The number of amides is 2. The molecule has 0 radical (unpaired) electrons. The van der Waals surface area contributed by atoms with E-state index in [0.29, 0.717) is 44.4 Å². The maximum atomic E-state index is 13.4. The van der Waals surface area contributed by atoms with Gasteiger partial charge in [0, 0.05) is 56.9 Å². The number of hydrogen-bond donors (Lipinski definition) is 2. The average Bonchev–Trinajstić information content (AvgIpc) is 2.86. The Bertz CT molecular complexity index is 1040. The van der Waals surface area contributed by atoms with Crippen LogP contribution >= 0.6 is 0 Å². The molecule has 8 nitrogen and oxygen atoms in total. The molecule has 2 amide bonds. The highest BCUT2D eigenvalue weighted by Crippen LogP contribution is 2.33. The van der Waals surface area contributed by atoms with Gasteiger partial charge in [0.1, 0.15) is 5.75 Å². The molecule has 2 aliphatic heterocycles. The predicted octanol–water partition coefficient (Wildman–Crippen LogP) is 3.08. The van der Waals surface area contributed by atoms with Gasteiger partial charge in [0.25, 0.3) is 5.91 Å². The second kappa shape index (κ2) is 11.1. The monoisotopic (exact) mass is 480 g/mol. The van der Waals surface area contributed by atoms with Gasteiger partial charge in [-0.1, -0.05) is 24.3 Å². The number of carbonyl (C=O) groups excluding carboxylic acids is 2. The number of carbonyl (C=O) groups is 2. The molecular weight excluding hydrogens is 444 g/mol. The van der Waals surface area contributed by atoms with Crippen LogP contribution in [0.3, 0.4) is 0 Å². The molecule has 2 N–H and O–H groups in total. The molecule has 2 heterocycles. The maximum Gasteiger partial charge on any atom is 0.409 e. The minimum absolute atomic E-state index is 0.0354. The summed E-state index contributed by atoms with van der Waals surface area (Å²) in [6, 6.07) is 15.8. The van der Waals surface area contributed by atoms with Gasteiger partial charge >= 0.3 is 6.09 Å². The van der Waals surface area contributed by atoms with Crippen molar-refractivity contribution in [1.82, 2.24) is 20.0 Å². The Morgan fingerprint density at radius 2 is 1.69 bits per heavy atom. The lowest BCUT2D eigenvalue weighted by Gasteiger charge is -2.43. The van der Waals surface area contributed by atoms with Crippen LogP contribution in [-0.4, -0.2) is 89.8 Å². The minimum Gasteiger partial charge on any atom is -0.508 e. The van der Waals surface area contributed by atoms with E-state index in [9.17, 15) is 14.7 Å². The van der Waals surface area contributed by atoms with Gasteiger partial charge in [-0.2, -0.15) is 0 Å². The van der Waals surface area contributed by atoms with E-state index < -0.39 is 0 Å². The molecule has 0 aliphatic carbocycles. The topological polar surface area (TPSA) is 85.3 Å². The molecule has 2 aromatic carbocycles. The number of aromatic hydroxyl groups is 1. The van der Waals surface area contributed by atoms with Crippen LogP contribution in [0.1, 0.15) is 48.3 Å². The Kier molecular flexibility index (Phi) is 7.93. The minimum atomic E-state index is -0.324. The molecular formula is C27H36N4O4. The maximum absolute atomic E-state index is 13.4. The number of nitrogens with one attached hydrogen (secondary N) is 1. The molecule has 35 heavy (non-hydrogen) atoms. The summed E-state index contributed by atoms with van der Waals surface area (Å²) < 4.78 is 5.08. The summed E-state index contributed by atoms with van der Waals surface area (Å²) in [7, 11) is 0. The van der Waals surface area contributed by atoms with Crippen LogP contribution in [0.15, 0.2) is 48.5 Å². The van der Waals surface area contributed by atoms with Crippen molar-refractivity contribution in [3.05, 3.63) is 65.2 Å². The van der Waals surface area contributed by atoms with E-state index in [-0.39, 0.29) is 29.8 Å². The van der Waals surface area contributed by atoms with Crippen molar-refractivity contribution in [3.8, 4) is 5.75 Å². The van der Waals surface area contributed by atoms with Crippen molar-refractivity contribution in [2.24, 2.45) is 0 Å². The number of hydrogen-bond acceptors (Lipinski definition) is 6. The van der Waals surface area contributed by atoms with Crippen molar-refractivity contribution in [2.45, 2.75) is 38.9 Å². The van der Waals surface area contributed by atoms with Gasteiger partial charge < -0.3 is 25.0 Å². The van der Waals surface area contributed by atoms with Crippen LogP contribution in [0.5, 0.6) is 5.75 Å². The largest absolute Gasteiger partial charge is 0.508 e. The fourth-order valence-electron chi connectivity index (χ4n) is 5.01. The van der Waals surface area contributed by atoms with Gasteiger partial charge in [0.2, 0.25) is 0 Å². The van der Waals surface area contributed by atoms with Gasteiger partial charge in [0.15, 0.2) is 0 Å². The predicted molar refractivity (Wildman–Crippen MR) is 135 cm³/mol. The third-order valence-electron chi connectivity index (χ3n) is 6.87. The molecule has 0 saturated carbocycles. The van der Waals surface area contributed by atoms with Crippen LogP contribution in [-0.2, 0) is 4.74 Å². The number of piperazine rings is 2. The smallest absolute Gasteiger partial charge is 0.409 e. The number of benzene rings is 2. The summed E-state index contributed by atoms with van der Waals surface area (Å²) in [4.78, 5) is 31.3. The molecule has 3 atom stereocenters. The number of nitrogens with zero attached hydrogens (tertiary/aromatic N) is 3. The molecule has 0 unspecified atom stereocenters. The standard InChI is InChI=1S/C27H36N4O4/c1-4-35-27(34)30-13-11-29(12-14-30)26(33)23-9-5-7-21(15-23)25(22-8-6-10-24(32)16-22)31-18-19(2)28-17-20(31)3/h5-10,15-16,19-20,25,28,32H,4,11-14,17-18H2,1-3H3/t19-,20+,25-/m1/s1. The van der Waals surface area contributed by atoms with Gasteiger partial charge in [-0.05, 0) is 56.2 Å². The van der Waals surface area contributed by atoms with E-state index in [1.807, 2.05) is 36.4 Å². The third-order valence-corrected chi connectivity index (χ3v) is 6.87. The lowest BCUT2D eigenvalue weighted by Crippen LogP contribution is -2.55. The van der Waals surface area contributed by atoms with Crippen LogP contribution in [0.4, 0.5) is 4.79 Å². The molecule has 0 spiro atoms. The zero-order valence-corrected chi connectivity index (χ0v) is 20.8. The van der Waals surface area contributed by atoms with Crippen LogP contribution in [0.2, 0.25) is 0 Å². The molecule has 0 aromatic heterocycles. The van der Waals surface area contributed by atoms with Gasteiger partial charge in [-0.25, -0.2) is 4.79 Å². The molecule has 0 bridgehead atoms. The van der Waals surface area contributed by atoms with E-state index in [1.54, 1.807) is 22.8 Å². The molecule has 8 heteroatoms. The number of ether oxygens (including phenoxy) is 1. The van der Waals surface area contributed by atoms with Crippen LogP contribution < -0.4 is 5.32 Å². The summed E-state index contributed by atoms with van der Waals surface area (Å²) in [5.74, 6) is 0.196. The highest BCUT2D eigenvalue weighted by atomic mass is 16.6. The molecule has 2 aromatic rings. The van der Waals surface area contributed by atoms with Gasteiger partial charge in [0.05, 0.1) is 12.6 Å². The number of phenolic OH excluding ortho intramolecular Hbond substituents is 1. The van der Waals surface area contributed by atoms with Gasteiger partial charge in [-0.3, -0.25) is 9.69 Å². The summed E-state index contributed by atoms with van der Waals surface area (Å²) in [5.41, 5.74) is 2.65. The van der Waals surface area contributed by atoms with Crippen molar-refractivity contribution in [3.63, 3.8) is 0 Å². The summed E-state index contributed by atoms with van der Waals surface area (Å²) in [6.07, 6.45) is -0.324. The lowest BCUT2D eigenvalue weighted by atomic mass is 9.92. The summed E-state index contributed by atoms with van der Waals surface area (Å²) in [5, 5.41) is 13.7. The third kappa shape index (κ3) is 5.77. The average molecular weight is 481 g/mol. The Hall–Kier alpha value is -3.10. The van der Waals surface area contributed by atoms with Crippen LogP contribution in [0, 0.1) is 0 Å². The highest BCUT2D eigenvalue weighted by Gasteiger charge is 2.32. The van der Waals surface area contributed by atoms with E-state index in [1.165, 1.54) is 0 Å². The Balaban J connectivity index is 1.58. The lowest BCUT2D eigenvalue weighted by molar-refractivity contribution is 0.0570. The molecule has 2 saturated heterocycles. The van der Waals surface area contributed by atoms with Crippen molar-refractivity contribution >= 4 is 12.0 Å². The SMILES string of the molecule is CCOC(=O)N1CCN(C(=O)c2cccc([C@H](c3cccc(O)c3)N3C[C@@H](C)NC[C@@H]3C)c2)CC1. The molecule has 2 fully saturated rings. The zero-order chi connectivity index (χ0) is 24.9. The van der Waals surface area contributed by atoms with E-state index in [4.69, 9.17) is 4.74 Å². The van der Waals surface area contributed by atoms with Crippen molar-refractivity contribution in [1.29, 1.82) is 0 Å². The van der Waals surface area contributed by atoms with E-state index >= 15 is 0 Å². The van der Waals surface area contributed by atoms with Crippen molar-refractivity contribution < 1.29 is 19.4 Å². The van der Waals surface area contributed by atoms with E-state index in [2.05, 4.69) is 30.1 Å². The molecule has 188 valence electrons. The summed E-state index contributed by atoms with van der Waals surface area (Å²) >= 11 is 0. The Labute approximate surface area is 207 Å². The quantitative estimate of drug-likeness (QED) is 0.684.